The van der Waals surface area contributed by atoms with Gasteiger partial charge in [0, 0.05) is 12.0 Å². The number of hydrogen-bond donors (Lipinski definition) is 0. The van der Waals surface area contributed by atoms with E-state index in [2.05, 4.69) is 22.9 Å². The Kier molecular flexibility index (Phi) is 1.96. The molecular formula is C13H10OS. The lowest BCUT2D eigenvalue weighted by Gasteiger charge is -2.01. The highest BCUT2D eigenvalue weighted by Gasteiger charge is 2.19. The Bertz CT molecular complexity index is 511. The average molecular weight is 214 g/mol. The normalized spacial score (nSPS) is 14.3. The van der Waals surface area contributed by atoms with Gasteiger partial charge >= 0.3 is 0 Å². The van der Waals surface area contributed by atoms with Gasteiger partial charge in [0.25, 0.3) is 0 Å². The molecule has 0 amide bonds. The first-order valence-corrected chi connectivity index (χ1v) is 5.97. The Hall–Kier alpha value is -1.41. The number of carbonyl (C=O) groups excluding carboxylic acids is 1. The highest BCUT2D eigenvalue weighted by molar-refractivity contribution is 7.08. The number of aryl methyl sites for hydroxylation is 1. The quantitative estimate of drug-likeness (QED) is 0.709. The van der Waals surface area contributed by atoms with Gasteiger partial charge < -0.3 is 0 Å². The van der Waals surface area contributed by atoms with Gasteiger partial charge in [0.1, 0.15) is 0 Å². The van der Waals surface area contributed by atoms with Crippen molar-refractivity contribution in [3.05, 3.63) is 46.2 Å². The van der Waals surface area contributed by atoms with Crippen LogP contribution in [0.4, 0.5) is 0 Å². The Morgan fingerprint density at radius 3 is 2.80 bits per heavy atom. The standard InChI is InChI=1S/C13H10OS/c14-13-4-2-10-7-9(1-3-12(10)13)11-5-6-15-8-11/h1,3,5-8H,2,4H2. The molecule has 1 heterocycles. The first kappa shape index (κ1) is 8.86. The van der Waals surface area contributed by atoms with Crippen molar-refractivity contribution in [2.24, 2.45) is 0 Å². The van der Waals surface area contributed by atoms with E-state index < -0.39 is 0 Å². The molecule has 0 spiro atoms. The van der Waals surface area contributed by atoms with Gasteiger partial charge in [-0.25, -0.2) is 0 Å². The lowest BCUT2D eigenvalue weighted by atomic mass is 10.0. The predicted molar refractivity (Wildman–Crippen MR) is 62.4 cm³/mol. The molecule has 0 radical (unpaired) electrons. The zero-order valence-corrected chi connectivity index (χ0v) is 9.01. The zero-order chi connectivity index (χ0) is 10.3. The highest BCUT2D eigenvalue weighted by atomic mass is 32.1. The van der Waals surface area contributed by atoms with E-state index in [0.717, 1.165) is 12.0 Å². The molecule has 0 saturated carbocycles. The van der Waals surface area contributed by atoms with Gasteiger partial charge in [-0.05, 0) is 39.9 Å². The summed E-state index contributed by atoms with van der Waals surface area (Å²) in [5, 5.41) is 4.21. The maximum atomic E-state index is 11.5. The predicted octanol–water partition coefficient (Wildman–Crippen LogP) is 3.54. The summed E-state index contributed by atoms with van der Waals surface area (Å²) in [5.74, 6) is 0.293. The number of thiophene rings is 1. The van der Waals surface area contributed by atoms with Crippen molar-refractivity contribution >= 4 is 17.1 Å². The van der Waals surface area contributed by atoms with Crippen LogP contribution in [0.25, 0.3) is 11.1 Å². The fourth-order valence-corrected chi connectivity index (χ4v) is 2.73. The van der Waals surface area contributed by atoms with Crippen molar-refractivity contribution in [1.29, 1.82) is 0 Å². The molecule has 1 aromatic heterocycles. The molecule has 1 aliphatic rings. The molecule has 0 bridgehead atoms. The molecule has 0 aliphatic heterocycles. The van der Waals surface area contributed by atoms with Crippen LogP contribution in [0.2, 0.25) is 0 Å². The van der Waals surface area contributed by atoms with Gasteiger partial charge in [-0.1, -0.05) is 18.2 Å². The summed E-state index contributed by atoms with van der Waals surface area (Å²) in [6.45, 7) is 0. The van der Waals surface area contributed by atoms with E-state index in [1.165, 1.54) is 16.7 Å². The summed E-state index contributed by atoms with van der Waals surface area (Å²) >= 11 is 1.70. The van der Waals surface area contributed by atoms with Crippen LogP contribution in [0.5, 0.6) is 0 Å². The van der Waals surface area contributed by atoms with Crippen molar-refractivity contribution in [3.63, 3.8) is 0 Å². The minimum Gasteiger partial charge on any atom is -0.294 e. The molecule has 0 saturated heterocycles. The maximum Gasteiger partial charge on any atom is 0.163 e. The van der Waals surface area contributed by atoms with Crippen LogP contribution in [0.15, 0.2) is 35.0 Å². The summed E-state index contributed by atoms with van der Waals surface area (Å²) in [6, 6.07) is 8.28. The first-order chi connectivity index (χ1) is 7.34. The number of Topliss-reactive ketones (excluding diaryl/α,β-unsaturated/α-hetero) is 1. The Morgan fingerprint density at radius 1 is 1.07 bits per heavy atom. The van der Waals surface area contributed by atoms with Gasteiger partial charge in [0.2, 0.25) is 0 Å². The average Bonchev–Trinajstić information content (AvgIpc) is 2.88. The Balaban J connectivity index is 2.11. The monoisotopic (exact) mass is 214 g/mol. The van der Waals surface area contributed by atoms with Gasteiger partial charge in [-0.3, -0.25) is 4.79 Å². The summed E-state index contributed by atoms with van der Waals surface area (Å²) in [6.07, 6.45) is 1.59. The Labute approximate surface area is 92.4 Å². The highest BCUT2D eigenvalue weighted by Crippen LogP contribution is 2.28. The zero-order valence-electron chi connectivity index (χ0n) is 8.19. The molecule has 0 N–H and O–H groups in total. The van der Waals surface area contributed by atoms with E-state index in [1.54, 1.807) is 11.3 Å². The summed E-state index contributed by atoms with van der Waals surface area (Å²) in [4.78, 5) is 11.5. The third-order valence-corrected chi connectivity index (χ3v) is 3.56. The second kappa shape index (κ2) is 3.31. The smallest absolute Gasteiger partial charge is 0.163 e. The topological polar surface area (TPSA) is 17.1 Å². The van der Waals surface area contributed by atoms with Crippen molar-refractivity contribution in [1.82, 2.24) is 0 Å². The van der Waals surface area contributed by atoms with Crippen molar-refractivity contribution < 1.29 is 4.79 Å². The van der Waals surface area contributed by atoms with E-state index in [4.69, 9.17) is 0 Å². The van der Waals surface area contributed by atoms with Crippen LogP contribution in [-0.2, 0) is 6.42 Å². The van der Waals surface area contributed by atoms with Crippen molar-refractivity contribution in [3.8, 4) is 11.1 Å². The molecule has 0 fully saturated rings. The SMILES string of the molecule is O=C1CCc2cc(-c3ccsc3)ccc21. The second-order valence-corrected chi connectivity index (χ2v) is 4.59. The van der Waals surface area contributed by atoms with E-state index in [1.807, 2.05) is 12.1 Å². The molecule has 0 unspecified atom stereocenters. The van der Waals surface area contributed by atoms with Gasteiger partial charge in [-0.2, -0.15) is 11.3 Å². The van der Waals surface area contributed by atoms with Gasteiger partial charge in [-0.15, -0.1) is 0 Å². The molecule has 2 heteroatoms. The summed E-state index contributed by atoms with van der Waals surface area (Å²) in [5.41, 5.74) is 4.62. The molecule has 2 aromatic rings. The molecule has 15 heavy (non-hydrogen) atoms. The molecular weight excluding hydrogens is 204 g/mol. The first-order valence-electron chi connectivity index (χ1n) is 5.03. The van der Waals surface area contributed by atoms with Crippen molar-refractivity contribution in [2.75, 3.05) is 0 Å². The molecule has 1 aliphatic carbocycles. The van der Waals surface area contributed by atoms with Gasteiger partial charge in [0.15, 0.2) is 5.78 Å². The van der Waals surface area contributed by atoms with Crippen LogP contribution in [0, 0.1) is 0 Å². The van der Waals surface area contributed by atoms with Gasteiger partial charge in [0.05, 0.1) is 0 Å². The number of fused-ring (bicyclic) bond motifs is 1. The fraction of sp³-hybridized carbons (Fsp3) is 0.154. The summed E-state index contributed by atoms with van der Waals surface area (Å²) in [7, 11) is 0. The van der Waals surface area contributed by atoms with Crippen molar-refractivity contribution in [2.45, 2.75) is 12.8 Å². The third-order valence-electron chi connectivity index (χ3n) is 2.88. The lowest BCUT2D eigenvalue weighted by molar-refractivity contribution is 0.0994. The van der Waals surface area contributed by atoms with Crippen LogP contribution >= 0.6 is 11.3 Å². The number of rotatable bonds is 1. The van der Waals surface area contributed by atoms with Crippen LogP contribution < -0.4 is 0 Å². The van der Waals surface area contributed by atoms with Crippen LogP contribution in [0.1, 0.15) is 22.3 Å². The number of benzene rings is 1. The van der Waals surface area contributed by atoms with Crippen LogP contribution in [0.3, 0.4) is 0 Å². The largest absolute Gasteiger partial charge is 0.294 e. The number of hydrogen-bond acceptors (Lipinski definition) is 2. The van der Waals surface area contributed by atoms with Crippen LogP contribution in [-0.4, -0.2) is 5.78 Å². The molecule has 3 rings (SSSR count). The molecule has 74 valence electrons. The van der Waals surface area contributed by atoms with E-state index >= 15 is 0 Å². The lowest BCUT2D eigenvalue weighted by Crippen LogP contribution is -1.90. The minimum absolute atomic E-state index is 0.293. The van der Waals surface area contributed by atoms with E-state index in [9.17, 15) is 4.79 Å². The van der Waals surface area contributed by atoms with E-state index in [-0.39, 0.29) is 0 Å². The Morgan fingerprint density at radius 2 is 2.00 bits per heavy atom. The number of carbonyl (C=O) groups is 1. The summed E-state index contributed by atoms with van der Waals surface area (Å²) < 4.78 is 0. The number of ketones is 1. The molecule has 1 aromatic carbocycles. The van der Waals surface area contributed by atoms with E-state index in [0.29, 0.717) is 12.2 Å². The fourth-order valence-electron chi connectivity index (χ4n) is 2.06. The third kappa shape index (κ3) is 1.41. The molecule has 0 atom stereocenters. The maximum absolute atomic E-state index is 11.5. The minimum atomic E-state index is 0.293. The second-order valence-electron chi connectivity index (χ2n) is 3.81. The molecule has 1 nitrogen and oxygen atoms in total.